The van der Waals surface area contributed by atoms with Crippen LogP contribution in [0, 0.1) is 0 Å². The van der Waals surface area contributed by atoms with Crippen molar-refractivity contribution in [3.05, 3.63) is 35.4 Å². The summed E-state index contributed by atoms with van der Waals surface area (Å²) in [5.74, 6) is -1.79. The Morgan fingerprint density at radius 3 is 2.06 bits per heavy atom. The number of likely N-dealkylation sites (N-methyl/N-ethyl adjacent to an activating group) is 1. The highest BCUT2D eigenvalue weighted by atomic mass is 16.6. The Kier molecular flexibility index (Phi) is 9.68. The lowest BCUT2D eigenvalue weighted by molar-refractivity contribution is -0.141. The second-order valence-electron chi connectivity index (χ2n) is 8.98. The Labute approximate surface area is 190 Å². The minimum atomic E-state index is -1.28. The number of alkyl carbamates (subject to hydrolysis) is 1. The van der Waals surface area contributed by atoms with Gasteiger partial charge in [0.1, 0.15) is 17.7 Å². The Morgan fingerprint density at radius 1 is 1.06 bits per heavy atom. The van der Waals surface area contributed by atoms with Gasteiger partial charge in [0.15, 0.2) is 0 Å². The van der Waals surface area contributed by atoms with Crippen molar-refractivity contribution in [3.8, 4) is 0 Å². The standard InChI is InChI=1S/C23H36N4O5/c1-8-15-9-11-16(12-10-15)19(20(29)25-14(2)3)27(7)21(30)17(13-18(24)28)26-22(31)32-23(4,5)6/h9-12,14,17,19H,8,13H2,1-7H3,(H2,24,28)(H,25,29)(H,26,31). The van der Waals surface area contributed by atoms with Crippen LogP contribution >= 0.6 is 0 Å². The minimum absolute atomic E-state index is 0.148. The summed E-state index contributed by atoms with van der Waals surface area (Å²) in [6.07, 6.45) is -0.463. The fraction of sp³-hybridized carbons (Fsp3) is 0.565. The van der Waals surface area contributed by atoms with Gasteiger partial charge in [-0.3, -0.25) is 14.4 Å². The van der Waals surface area contributed by atoms with Crippen molar-refractivity contribution in [1.82, 2.24) is 15.5 Å². The third kappa shape index (κ3) is 8.56. The molecule has 0 heterocycles. The van der Waals surface area contributed by atoms with Crippen LogP contribution in [0.2, 0.25) is 0 Å². The smallest absolute Gasteiger partial charge is 0.408 e. The zero-order valence-electron chi connectivity index (χ0n) is 20.0. The number of hydrogen-bond donors (Lipinski definition) is 3. The quantitative estimate of drug-likeness (QED) is 0.532. The van der Waals surface area contributed by atoms with E-state index in [-0.39, 0.29) is 11.9 Å². The topological polar surface area (TPSA) is 131 Å². The van der Waals surface area contributed by atoms with Crippen molar-refractivity contribution in [3.63, 3.8) is 0 Å². The molecule has 0 saturated carbocycles. The maximum Gasteiger partial charge on any atom is 0.408 e. The molecule has 0 bridgehead atoms. The van der Waals surface area contributed by atoms with E-state index in [4.69, 9.17) is 10.5 Å². The summed E-state index contributed by atoms with van der Waals surface area (Å²) < 4.78 is 5.20. The summed E-state index contributed by atoms with van der Waals surface area (Å²) in [5, 5.41) is 5.23. The zero-order valence-corrected chi connectivity index (χ0v) is 20.0. The number of aryl methyl sites for hydroxylation is 1. The molecule has 0 aliphatic carbocycles. The predicted molar refractivity (Wildman–Crippen MR) is 122 cm³/mol. The molecule has 0 aromatic heterocycles. The summed E-state index contributed by atoms with van der Waals surface area (Å²) >= 11 is 0. The first-order chi connectivity index (χ1) is 14.7. The van der Waals surface area contributed by atoms with E-state index in [2.05, 4.69) is 10.6 Å². The molecule has 32 heavy (non-hydrogen) atoms. The second kappa shape index (κ2) is 11.5. The average molecular weight is 449 g/mol. The largest absolute Gasteiger partial charge is 0.444 e. The second-order valence-corrected chi connectivity index (χ2v) is 8.98. The van der Waals surface area contributed by atoms with Gasteiger partial charge in [-0.2, -0.15) is 0 Å². The molecular weight excluding hydrogens is 412 g/mol. The highest BCUT2D eigenvalue weighted by molar-refractivity contribution is 5.94. The van der Waals surface area contributed by atoms with Crippen LogP contribution in [0.1, 0.15) is 65.1 Å². The van der Waals surface area contributed by atoms with Gasteiger partial charge in [0.25, 0.3) is 0 Å². The van der Waals surface area contributed by atoms with E-state index in [1.165, 1.54) is 11.9 Å². The fourth-order valence-electron chi connectivity index (χ4n) is 3.07. The molecule has 4 amide bonds. The van der Waals surface area contributed by atoms with E-state index in [0.717, 1.165) is 12.0 Å². The van der Waals surface area contributed by atoms with E-state index in [9.17, 15) is 19.2 Å². The van der Waals surface area contributed by atoms with Crippen LogP contribution in [0.4, 0.5) is 4.79 Å². The van der Waals surface area contributed by atoms with Gasteiger partial charge in [-0.05, 0) is 52.2 Å². The third-order valence-electron chi connectivity index (χ3n) is 4.51. The van der Waals surface area contributed by atoms with Gasteiger partial charge in [0, 0.05) is 13.1 Å². The molecule has 2 atom stereocenters. The highest BCUT2D eigenvalue weighted by Crippen LogP contribution is 2.22. The van der Waals surface area contributed by atoms with E-state index in [0.29, 0.717) is 5.56 Å². The zero-order chi connectivity index (χ0) is 24.6. The van der Waals surface area contributed by atoms with Crippen LogP contribution in [-0.4, -0.2) is 53.4 Å². The Bertz CT molecular complexity index is 815. The van der Waals surface area contributed by atoms with Crippen LogP contribution in [0.3, 0.4) is 0 Å². The fourth-order valence-corrected chi connectivity index (χ4v) is 3.07. The number of carbonyl (C=O) groups excluding carboxylic acids is 4. The number of ether oxygens (including phenoxy) is 1. The highest BCUT2D eigenvalue weighted by Gasteiger charge is 2.35. The lowest BCUT2D eigenvalue weighted by atomic mass is 10.0. The van der Waals surface area contributed by atoms with E-state index < -0.39 is 42.0 Å². The van der Waals surface area contributed by atoms with Crippen LogP contribution in [-0.2, 0) is 25.5 Å². The molecule has 4 N–H and O–H groups in total. The average Bonchev–Trinajstić information content (AvgIpc) is 2.65. The molecule has 1 rings (SSSR count). The molecule has 0 aliphatic rings. The summed E-state index contributed by atoms with van der Waals surface area (Å²) in [5.41, 5.74) is 6.19. The van der Waals surface area contributed by atoms with Crippen molar-refractivity contribution in [2.24, 2.45) is 5.73 Å². The number of benzene rings is 1. The molecule has 0 spiro atoms. The van der Waals surface area contributed by atoms with Crippen molar-refractivity contribution in [1.29, 1.82) is 0 Å². The normalized spacial score (nSPS) is 13.1. The SMILES string of the molecule is CCc1ccc(C(C(=O)NC(C)C)N(C)C(=O)C(CC(N)=O)NC(=O)OC(C)(C)C)cc1. The number of amides is 4. The number of carbonyl (C=O) groups is 4. The third-order valence-corrected chi connectivity index (χ3v) is 4.51. The molecule has 178 valence electrons. The van der Waals surface area contributed by atoms with Gasteiger partial charge in [-0.25, -0.2) is 4.79 Å². The molecule has 1 aromatic rings. The first-order valence-electron chi connectivity index (χ1n) is 10.7. The molecule has 0 saturated heterocycles. The first-order valence-corrected chi connectivity index (χ1v) is 10.7. The van der Waals surface area contributed by atoms with Crippen molar-refractivity contribution < 1.29 is 23.9 Å². The molecule has 1 aromatic carbocycles. The summed E-state index contributed by atoms with van der Waals surface area (Å²) in [6.45, 7) is 10.7. The van der Waals surface area contributed by atoms with E-state index in [1.807, 2.05) is 32.9 Å². The van der Waals surface area contributed by atoms with Gasteiger partial charge < -0.3 is 26.0 Å². The van der Waals surface area contributed by atoms with Gasteiger partial charge in [0.05, 0.1) is 6.42 Å². The number of nitrogens with one attached hydrogen (secondary N) is 2. The van der Waals surface area contributed by atoms with Crippen LogP contribution in [0.15, 0.2) is 24.3 Å². The lowest BCUT2D eigenvalue weighted by Gasteiger charge is -2.32. The maximum atomic E-state index is 13.3. The summed E-state index contributed by atoms with van der Waals surface area (Å²) in [4.78, 5) is 51.3. The maximum absolute atomic E-state index is 13.3. The molecule has 0 fully saturated rings. The molecule has 0 radical (unpaired) electrons. The number of rotatable bonds is 9. The van der Waals surface area contributed by atoms with Gasteiger partial charge in [0.2, 0.25) is 17.7 Å². The lowest BCUT2D eigenvalue weighted by Crippen LogP contribution is -2.53. The van der Waals surface area contributed by atoms with Crippen molar-refractivity contribution >= 4 is 23.8 Å². The predicted octanol–water partition coefficient (Wildman–Crippen LogP) is 2.04. The van der Waals surface area contributed by atoms with Gasteiger partial charge in [-0.1, -0.05) is 31.2 Å². The molecular formula is C23H36N4O5. The first kappa shape index (κ1) is 26.9. The summed E-state index contributed by atoms with van der Waals surface area (Å²) in [6, 6.07) is 4.97. The van der Waals surface area contributed by atoms with Crippen molar-refractivity contribution in [2.75, 3.05) is 7.05 Å². The van der Waals surface area contributed by atoms with E-state index in [1.54, 1.807) is 32.9 Å². The molecule has 9 nitrogen and oxygen atoms in total. The minimum Gasteiger partial charge on any atom is -0.444 e. The number of primary amides is 1. The Morgan fingerprint density at radius 2 is 1.62 bits per heavy atom. The van der Waals surface area contributed by atoms with Gasteiger partial charge in [-0.15, -0.1) is 0 Å². The van der Waals surface area contributed by atoms with Gasteiger partial charge >= 0.3 is 6.09 Å². The van der Waals surface area contributed by atoms with Crippen LogP contribution < -0.4 is 16.4 Å². The van der Waals surface area contributed by atoms with Crippen molar-refractivity contribution in [2.45, 2.75) is 78.1 Å². The molecule has 9 heteroatoms. The monoisotopic (exact) mass is 448 g/mol. The van der Waals surface area contributed by atoms with Crippen LogP contribution in [0.5, 0.6) is 0 Å². The van der Waals surface area contributed by atoms with E-state index >= 15 is 0 Å². The van der Waals surface area contributed by atoms with Crippen LogP contribution in [0.25, 0.3) is 0 Å². The summed E-state index contributed by atoms with van der Waals surface area (Å²) in [7, 11) is 1.45. The Balaban J connectivity index is 3.25. The Hall–Kier alpha value is -3.10. The number of nitrogens with zero attached hydrogens (tertiary/aromatic N) is 1. The number of nitrogens with two attached hydrogens (primary N) is 1. The molecule has 0 aliphatic heterocycles. The number of hydrogen-bond acceptors (Lipinski definition) is 5. The molecule has 2 unspecified atom stereocenters.